The Hall–Kier alpha value is -2.99. The van der Waals surface area contributed by atoms with Crippen LogP contribution in [0.15, 0.2) is 36.4 Å². The van der Waals surface area contributed by atoms with Crippen LogP contribution < -0.4 is 18.9 Å². The summed E-state index contributed by atoms with van der Waals surface area (Å²) in [4.78, 5) is 13.6. The van der Waals surface area contributed by atoms with Crippen LogP contribution in [0.4, 0.5) is 0 Å². The van der Waals surface area contributed by atoms with Crippen molar-refractivity contribution in [2.24, 2.45) is 0 Å². The van der Waals surface area contributed by atoms with Gasteiger partial charge in [-0.3, -0.25) is 4.79 Å². The van der Waals surface area contributed by atoms with E-state index < -0.39 is 0 Å². The second-order valence-corrected chi connectivity index (χ2v) is 7.99. The average molecular weight is 408 g/mol. The predicted molar refractivity (Wildman–Crippen MR) is 110 cm³/mol. The number of ketones is 1. The lowest BCUT2D eigenvalue weighted by molar-refractivity contribution is 0.0745. The van der Waals surface area contributed by atoms with E-state index in [1.807, 2.05) is 18.2 Å². The van der Waals surface area contributed by atoms with Gasteiger partial charge in [-0.1, -0.05) is 6.58 Å². The molecule has 156 valence electrons. The summed E-state index contributed by atoms with van der Waals surface area (Å²) < 4.78 is 23.3. The van der Waals surface area contributed by atoms with Gasteiger partial charge in [0.25, 0.3) is 0 Å². The number of aryl methyl sites for hydroxylation is 1. The van der Waals surface area contributed by atoms with Gasteiger partial charge in [-0.25, -0.2) is 0 Å². The zero-order valence-electron chi connectivity index (χ0n) is 17.1. The van der Waals surface area contributed by atoms with Crippen LogP contribution in [-0.2, 0) is 12.8 Å². The van der Waals surface area contributed by atoms with Crippen molar-refractivity contribution in [3.63, 3.8) is 0 Å². The first-order valence-corrected chi connectivity index (χ1v) is 10.1. The fourth-order valence-electron chi connectivity index (χ4n) is 4.82. The number of aliphatic hydroxyl groups excluding tert-OH is 1. The maximum Gasteiger partial charge on any atom is 0.177 e. The molecule has 0 fully saturated rings. The lowest BCUT2D eigenvalue weighted by atomic mass is 9.74. The van der Waals surface area contributed by atoms with E-state index in [9.17, 15) is 9.90 Å². The summed E-state index contributed by atoms with van der Waals surface area (Å²) in [6, 6.07) is 7.48. The molecule has 30 heavy (non-hydrogen) atoms. The van der Waals surface area contributed by atoms with Crippen molar-refractivity contribution in [2.45, 2.75) is 37.4 Å². The largest absolute Gasteiger partial charge is 0.493 e. The fraction of sp³-hybridized carbons (Fsp3) is 0.375. The molecule has 2 heterocycles. The number of ether oxygens (including phenoxy) is 4. The second kappa shape index (κ2) is 7.06. The molecule has 0 amide bonds. The molecule has 0 aromatic heterocycles. The Kier molecular flexibility index (Phi) is 4.47. The molecule has 0 radical (unpaired) electrons. The number of hydrogen-bond acceptors (Lipinski definition) is 6. The van der Waals surface area contributed by atoms with Crippen LogP contribution >= 0.6 is 0 Å². The van der Waals surface area contributed by atoms with Gasteiger partial charge in [0.05, 0.1) is 32.3 Å². The zero-order valence-corrected chi connectivity index (χ0v) is 17.1. The molecule has 3 atom stereocenters. The highest BCUT2D eigenvalue weighted by atomic mass is 16.5. The van der Waals surface area contributed by atoms with E-state index in [0.29, 0.717) is 40.6 Å². The van der Waals surface area contributed by atoms with E-state index in [1.165, 1.54) is 0 Å². The Morgan fingerprint density at radius 3 is 2.70 bits per heavy atom. The monoisotopic (exact) mass is 408 g/mol. The van der Waals surface area contributed by atoms with E-state index in [0.717, 1.165) is 29.5 Å². The Morgan fingerprint density at radius 2 is 1.97 bits per heavy atom. The van der Waals surface area contributed by atoms with Crippen LogP contribution in [0.3, 0.4) is 0 Å². The van der Waals surface area contributed by atoms with Gasteiger partial charge in [0, 0.05) is 12.0 Å². The van der Waals surface area contributed by atoms with E-state index >= 15 is 0 Å². The van der Waals surface area contributed by atoms with Crippen molar-refractivity contribution >= 4 is 5.78 Å². The molecular formula is C24H24O6. The van der Waals surface area contributed by atoms with Gasteiger partial charge in [0.1, 0.15) is 23.7 Å². The van der Waals surface area contributed by atoms with Gasteiger partial charge in [-0.2, -0.15) is 0 Å². The van der Waals surface area contributed by atoms with Crippen molar-refractivity contribution < 1.29 is 28.8 Å². The van der Waals surface area contributed by atoms with Crippen LogP contribution in [0.1, 0.15) is 39.4 Å². The number of aliphatic hydroxyl groups is 1. The summed E-state index contributed by atoms with van der Waals surface area (Å²) in [7, 11) is 3.21. The summed E-state index contributed by atoms with van der Waals surface area (Å²) in [6.45, 7) is 3.75. The van der Waals surface area contributed by atoms with Gasteiger partial charge >= 0.3 is 0 Å². The molecule has 0 saturated heterocycles. The smallest absolute Gasteiger partial charge is 0.177 e. The third-order valence-electron chi connectivity index (χ3n) is 6.40. The zero-order chi connectivity index (χ0) is 21.0. The summed E-state index contributed by atoms with van der Waals surface area (Å²) in [5, 5.41) is 9.40. The first kappa shape index (κ1) is 19.0. The summed E-state index contributed by atoms with van der Waals surface area (Å²) >= 11 is 0. The molecule has 6 heteroatoms. The molecular weight excluding hydrogens is 384 g/mol. The Labute approximate surface area is 175 Å². The number of carbonyl (C=O) groups is 1. The molecule has 0 saturated carbocycles. The third kappa shape index (κ3) is 2.70. The molecule has 6 nitrogen and oxygen atoms in total. The molecule has 0 spiro atoms. The summed E-state index contributed by atoms with van der Waals surface area (Å²) in [5.74, 6) is 2.29. The highest BCUT2D eigenvalue weighted by molar-refractivity contribution is 6.05. The Balaban J connectivity index is 1.56. The molecule has 2 aromatic rings. The minimum Gasteiger partial charge on any atom is -0.493 e. The van der Waals surface area contributed by atoms with Crippen molar-refractivity contribution in [2.75, 3.05) is 20.8 Å². The molecule has 1 N–H and O–H groups in total. The number of carbonyl (C=O) groups excluding carboxylic acids is 1. The van der Waals surface area contributed by atoms with E-state index in [4.69, 9.17) is 18.9 Å². The fourth-order valence-corrected chi connectivity index (χ4v) is 4.82. The van der Waals surface area contributed by atoms with Gasteiger partial charge in [-0.15, -0.1) is 0 Å². The number of Topliss-reactive ketones (excluding diaryl/α,β-unsaturated/α-hetero) is 1. The number of benzene rings is 2. The van der Waals surface area contributed by atoms with Gasteiger partial charge < -0.3 is 24.1 Å². The van der Waals surface area contributed by atoms with Crippen molar-refractivity contribution in [1.29, 1.82) is 0 Å². The molecule has 2 aliphatic heterocycles. The van der Waals surface area contributed by atoms with Crippen LogP contribution in [0.2, 0.25) is 0 Å². The van der Waals surface area contributed by atoms with Crippen LogP contribution in [0.25, 0.3) is 0 Å². The van der Waals surface area contributed by atoms with Crippen molar-refractivity contribution in [1.82, 2.24) is 0 Å². The highest BCUT2D eigenvalue weighted by Crippen LogP contribution is 2.49. The molecule has 5 rings (SSSR count). The van der Waals surface area contributed by atoms with E-state index in [2.05, 4.69) is 6.58 Å². The topological polar surface area (TPSA) is 74.2 Å². The average Bonchev–Trinajstić information content (AvgIpc) is 3.22. The van der Waals surface area contributed by atoms with Crippen molar-refractivity contribution in [3.05, 3.63) is 58.7 Å². The molecule has 0 bridgehead atoms. The van der Waals surface area contributed by atoms with Crippen molar-refractivity contribution in [3.8, 4) is 23.0 Å². The predicted octanol–water partition coefficient (Wildman–Crippen LogP) is 3.23. The number of methoxy groups -OCH3 is 2. The lowest BCUT2D eigenvalue weighted by Gasteiger charge is -2.38. The summed E-state index contributed by atoms with van der Waals surface area (Å²) in [5.41, 5.74) is 4.13. The quantitative estimate of drug-likeness (QED) is 0.783. The first-order valence-electron chi connectivity index (χ1n) is 10.1. The number of fused-ring (bicyclic) bond motifs is 6. The molecule has 3 aliphatic rings. The van der Waals surface area contributed by atoms with E-state index in [1.54, 1.807) is 20.3 Å². The Bertz CT molecular complexity index is 1060. The van der Waals surface area contributed by atoms with Gasteiger partial charge in [0.2, 0.25) is 0 Å². The minimum atomic E-state index is -0.371. The number of rotatable bonds is 4. The third-order valence-corrected chi connectivity index (χ3v) is 6.40. The number of hydrogen-bond donors (Lipinski definition) is 1. The lowest BCUT2D eigenvalue weighted by Crippen LogP contribution is -2.39. The highest BCUT2D eigenvalue weighted by Gasteiger charge is 2.44. The van der Waals surface area contributed by atoms with Gasteiger partial charge in [-0.05, 0) is 53.8 Å². The SMILES string of the molecule is C=C(CO)C1Cc2c(ccc3c2OC2CCc4cc(OC)c(OC)cc4C2C3=O)O1. The standard InChI is InChI=1S/C24H24O6/c1-12(11-25)19-10-16-17(29-19)7-5-14-23(26)22-15-9-21(28-3)20(27-2)8-13(15)4-6-18(22)30-24(14)16/h5,7-9,18-19,22,25H,1,4,6,10-11H2,2-3H3. The summed E-state index contributed by atoms with van der Waals surface area (Å²) in [6.07, 6.45) is 1.56. The molecule has 2 aromatic carbocycles. The van der Waals surface area contributed by atoms with Crippen LogP contribution in [0.5, 0.6) is 23.0 Å². The Morgan fingerprint density at radius 1 is 1.20 bits per heavy atom. The second-order valence-electron chi connectivity index (χ2n) is 7.99. The molecule has 1 aliphatic carbocycles. The molecule has 3 unspecified atom stereocenters. The van der Waals surface area contributed by atoms with Gasteiger partial charge in [0.15, 0.2) is 17.3 Å². The first-order chi connectivity index (χ1) is 14.5. The maximum absolute atomic E-state index is 13.6. The van der Waals surface area contributed by atoms with E-state index in [-0.39, 0.29) is 30.5 Å². The maximum atomic E-state index is 13.6. The van der Waals surface area contributed by atoms with Crippen LogP contribution in [0, 0.1) is 0 Å². The normalized spacial score (nSPS) is 23.3. The minimum absolute atomic E-state index is 0.0571. The van der Waals surface area contributed by atoms with Crippen LogP contribution in [-0.4, -0.2) is 43.9 Å².